The number of nitrogens with one attached hydrogen (secondary N) is 1. The molecule has 2 fully saturated rings. The predicted molar refractivity (Wildman–Crippen MR) is 177 cm³/mol. The molecule has 8 nitrogen and oxygen atoms in total. The van der Waals surface area contributed by atoms with E-state index in [4.69, 9.17) is 4.74 Å². The average Bonchev–Trinajstić information content (AvgIpc) is 3.55. The lowest BCUT2D eigenvalue weighted by molar-refractivity contribution is 0.0483. The molecule has 1 aromatic heterocycles. The van der Waals surface area contributed by atoms with E-state index in [0.717, 1.165) is 43.1 Å². The summed E-state index contributed by atoms with van der Waals surface area (Å²) in [6, 6.07) is 8.03. The molecule has 0 radical (unpaired) electrons. The first-order valence-electron chi connectivity index (χ1n) is 16.7. The topological polar surface area (TPSA) is 79.7 Å². The molecule has 2 aromatic carbocycles. The third-order valence-electron chi connectivity index (χ3n) is 9.49. The zero-order valence-electron chi connectivity index (χ0n) is 28.3. The number of halogens is 2. The maximum atomic E-state index is 17.0. The Balaban J connectivity index is 1.35. The molecule has 1 aliphatic carbocycles. The molecule has 250 valence electrons. The zero-order valence-corrected chi connectivity index (χ0v) is 28.3. The van der Waals surface area contributed by atoms with Crippen LogP contribution >= 0.6 is 0 Å². The van der Waals surface area contributed by atoms with Gasteiger partial charge in [0.15, 0.2) is 0 Å². The van der Waals surface area contributed by atoms with Gasteiger partial charge in [0.2, 0.25) is 0 Å². The van der Waals surface area contributed by atoms with Crippen molar-refractivity contribution in [1.82, 2.24) is 24.9 Å². The summed E-state index contributed by atoms with van der Waals surface area (Å²) in [7, 11) is 1.82. The first-order chi connectivity index (χ1) is 21.7. The molecule has 0 spiro atoms. The van der Waals surface area contributed by atoms with Crippen molar-refractivity contribution in [2.24, 2.45) is 13.0 Å². The van der Waals surface area contributed by atoms with Crippen LogP contribution in [0.3, 0.4) is 0 Å². The van der Waals surface area contributed by atoms with Crippen LogP contribution < -0.4 is 5.32 Å². The number of likely N-dealkylation sites (tertiary alicyclic amines) is 1. The van der Waals surface area contributed by atoms with E-state index in [0.29, 0.717) is 42.1 Å². The van der Waals surface area contributed by atoms with Crippen LogP contribution in [-0.2, 0) is 17.5 Å². The van der Waals surface area contributed by atoms with Gasteiger partial charge >= 0.3 is 6.09 Å². The first kappa shape index (κ1) is 33.8. The summed E-state index contributed by atoms with van der Waals surface area (Å²) in [6.07, 6.45) is 5.40. The third kappa shape index (κ3) is 7.37. The van der Waals surface area contributed by atoms with Crippen molar-refractivity contribution in [3.05, 3.63) is 53.5 Å². The normalized spacial score (nSPS) is 22.4. The molecular formula is C36H49F2N5O3. The number of alkyl carbamates (subject to hydrolysis) is 1. The summed E-state index contributed by atoms with van der Waals surface area (Å²) in [5, 5.41) is 8.25. The summed E-state index contributed by atoms with van der Waals surface area (Å²) < 4.78 is 38.7. The fraction of sp³-hybridized carbons (Fsp3) is 0.583. The molecule has 10 heteroatoms. The number of benzene rings is 2. The largest absolute Gasteiger partial charge is 0.444 e. The van der Waals surface area contributed by atoms with Gasteiger partial charge in [0.25, 0.3) is 5.91 Å². The Morgan fingerprint density at radius 3 is 2.50 bits per heavy atom. The first-order valence-corrected chi connectivity index (χ1v) is 16.7. The number of aromatic nitrogens is 2. The minimum absolute atomic E-state index is 0.0618. The molecule has 1 saturated heterocycles. The number of fused-ring (bicyclic) bond motifs is 1. The Morgan fingerprint density at radius 1 is 1.13 bits per heavy atom. The third-order valence-corrected chi connectivity index (χ3v) is 9.49. The summed E-state index contributed by atoms with van der Waals surface area (Å²) in [5.74, 6) is -0.314. The second kappa shape index (κ2) is 13.3. The van der Waals surface area contributed by atoms with Gasteiger partial charge in [-0.15, -0.1) is 0 Å². The van der Waals surface area contributed by atoms with Crippen molar-refractivity contribution in [3.8, 4) is 11.1 Å². The highest BCUT2D eigenvalue weighted by Crippen LogP contribution is 2.42. The van der Waals surface area contributed by atoms with E-state index in [9.17, 15) is 14.0 Å². The molecule has 1 aliphatic heterocycles. The molecule has 46 heavy (non-hydrogen) atoms. The maximum Gasteiger partial charge on any atom is 0.407 e. The minimum Gasteiger partial charge on any atom is -0.444 e. The molecular weight excluding hydrogens is 588 g/mol. The Labute approximate surface area is 271 Å². The molecule has 5 rings (SSSR count). The number of amides is 2. The quantitative estimate of drug-likeness (QED) is 0.283. The van der Waals surface area contributed by atoms with Crippen molar-refractivity contribution in [1.29, 1.82) is 0 Å². The predicted octanol–water partition coefficient (Wildman–Crippen LogP) is 7.20. The van der Waals surface area contributed by atoms with E-state index >= 15 is 4.39 Å². The van der Waals surface area contributed by atoms with E-state index < -0.39 is 17.1 Å². The molecule has 1 N–H and O–H groups in total. The van der Waals surface area contributed by atoms with Crippen LogP contribution in [0.5, 0.6) is 0 Å². The van der Waals surface area contributed by atoms with Crippen LogP contribution in [0.1, 0.15) is 89.6 Å². The van der Waals surface area contributed by atoms with E-state index in [1.165, 1.54) is 12.1 Å². The number of ether oxygens (including phenoxy) is 1. The van der Waals surface area contributed by atoms with Gasteiger partial charge in [-0.05, 0) is 121 Å². The number of aryl methyl sites for hydroxylation is 1. The van der Waals surface area contributed by atoms with Crippen molar-refractivity contribution in [2.45, 2.75) is 97.0 Å². The Bertz CT molecular complexity index is 1570. The molecule has 2 aliphatic rings. The molecule has 2 amide bonds. The lowest BCUT2D eigenvalue weighted by atomic mass is 9.85. The Kier molecular flexibility index (Phi) is 9.78. The van der Waals surface area contributed by atoms with Crippen LogP contribution in [0, 0.1) is 11.7 Å². The van der Waals surface area contributed by atoms with Gasteiger partial charge in [-0.2, -0.15) is 5.10 Å². The van der Waals surface area contributed by atoms with Crippen molar-refractivity contribution in [2.75, 3.05) is 26.2 Å². The van der Waals surface area contributed by atoms with E-state index in [-0.39, 0.29) is 36.2 Å². The van der Waals surface area contributed by atoms with Gasteiger partial charge in [0, 0.05) is 50.7 Å². The van der Waals surface area contributed by atoms with Crippen LogP contribution in [0.15, 0.2) is 36.5 Å². The van der Waals surface area contributed by atoms with E-state index in [1.54, 1.807) is 21.8 Å². The van der Waals surface area contributed by atoms with Crippen LogP contribution in [0.4, 0.5) is 13.6 Å². The smallest absolute Gasteiger partial charge is 0.407 e. The fourth-order valence-electron chi connectivity index (χ4n) is 7.12. The van der Waals surface area contributed by atoms with Crippen molar-refractivity contribution < 1.29 is 23.1 Å². The van der Waals surface area contributed by atoms with Crippen LogP contribution in [-0.4, -0.2) is 75.4 Å². The summed E-state index contributed by atoms with van der Waals surface area (Å²) in [5.41, 5.74) is 0.704. The lowest BCUT2D eigenvalue weighted by Crippen LogP contribution is -2.42. The zero-order chi connectivity index (χ0) is 33.4. The van der Waals surface area contributed by atoms with Gasteiger partial charge < -0.3 is 15.0 Å². The van der Waals surface area contributed by atoms with Gasteiger partial charge in [-0.25, -0.2) is 13.6 Å². The second-order valence-corrected chi connectivity index (χ2v) is 14.4. The molecule has 2 heterocycles. The number of nitrogens with zero attached hydrogens (tertiary/aromatic N) is 4. The number of alkyl halides is 1. The second-order valence-electron chi connectivity index (χ2n) is 14.4. The number of carbonyl (C=O) groups excluding carboxylic acids is 2. The molecule has 0 bridgehead atoms. The average molecular weight is 638 g/mol. The number of rotatable bonds is 8. The molecule has 3 aromatic rings. The van der Waals surface area contributed by atoms with Crippen LogP contribution in [0.2, 0.25) is 0 Å². The standard InChI is InChI=1S/C36H49F2N5O3/c1-8-43(23(2)3)33(44)30-19-26(37)11-14-28(30)29-17-25(18-32-31(29)20-39-41(32)7)36(38)15-16-42(22-36)21-24-9-12-27(13-10-24)40-34(45)46-35(4,5)6/h11,14,17-20,23-24,27H,8-10,12-13,15-16,21-22H2,1-7H3,(H,40,45). The summed E-state index contributed by atoms with van der Waals surface area (Å²) in [4.78, 5) is 29.8. The van der Waals surface area contributed by atoms with Crippen LogP contribution in [0.25, 0.3) is 22.0 Å². The summed E-state index contributed by atoms with van der Waals surface area (Å²) >= 11 is 0. The maximum absolute atomic E-state index is 17.0. The SMILES string of the molecule is CCN(C(=O)c1cc(F)ccc1-c1cc(C2(F)CCN(CC3CCC(NC(=O)OC(C)(C)C)CC3)C2)cc2c1cnn2C)C(C)C. The highest BCUT2D eigenvalue weighted by atomic mass is 19.1. The molecule has 1 atom stereocenters. The van der Waals surface area contributed by atoms with E-state index in [1.807, 2.05) is 60.7 Å². The highest BCUT2D eigenvalue weighted by molar-refractivity contribution is 6.05. The number of hydrogen-bond acceptors (Lipinski definition) is 5. The highest BCUT2D eigenvalue weighted by Gasteiger charge is 2.41. The molecule has 1 saturated carbocycles. The minimum atomic E-state index is -1.58. The van der Waals surface area contributed by atoms with Gasteiger partial charge in [-0.3, -0.25) is 14.4 Å². The van der Waals surface area contributed by atoms with Gasteiger partial charge in [0.1, 0.15) is 17.1 Å². The van der Waals surface area contributed by atoms with Gasteiger partial charge in [0.05, 0.1) is 17.3 Å². The fourth-order valence-corrected chi connectivity index (χ4v) is 7.12. The Morgan fingerprint density at radius 2 is 1.85 bits per heavy atom. The van der Waals surface area contributed by atoms with Gasteiger partial charge in [-0.1, -0.05) is 6.07 Å². The Hall–Kier alpha value is -3.53. The van der Waals surface area contributed by atoms with Crippen molar-refractivity contribution >= 4 is 22.9 Å². The van der Waals surface area contributed by atoms with Crippen molar-refractivity contribution in [3.63, 3.8) is 0 Å². The monoisotopic (exact) mass is 637 g/mol. The van der Waals surface area contributed by atoms with E-state index in [2.05, 4.69) is 15.3 Å². The summed E-state index contributed by atoms with van der Waals surface area (Å²) in [6.45, 7) is 13.6. The molecule has 1 unspecified atom stereocenters. The number of hydrogen-bond donors (Lipinski definition) is 1. The number of carbonyl (C=O) groups is 2. The lowest BCUT2D eigenvalue weighted by Gasteiger charge is -2.32.